The van der Waals surface area contributed by atoms with Crippen LogP contribution in [-0.2, 0) is 38.9 Å². The maximum Gasteiger partial charge on any atom is 0.314 e. The Morgan fingerprint density at radius 2 is 0.739 bits per heavy atom. The molecule has 0 amide bonds. The summed E-state index contributed by atoms with van der Waals surface area (Å²) >= 11 is 0. The molecule has 15 nitrogen and oxygen atoms in total. The Morgan fingerprint density at radius 3 is 1.00 bits per heavy atom. The molecule has 6 N–H and O–H groups in total. The second-order valence-electron chi connectivity index (χ2n) is 25.2. The fraction of sp³-hybridized carbons (Fsp3) is 1.00. The molecule has 3 atom stereocenters. The van der Waals surface area contributed by atoms with Gasteiger partial charge in [0.25, 0.3) is 0 Å². The van der Waals surface area contributed by atoms with E-state index in [2.05, 4.69) is 144 Å². The Balaban J connectivity index is -0.000000950. The largest absolute Gasteiger partial charge is 0.437 e. The molecule has 420 valence electrons. The van der Waals surface area contributed by atoms with Gasteiger partial charge in [-0.1, -0.05) is 13.3 Å². The van der Waals surface area contributed by atoms with Crippen molar-refractivity contribution in [1.82, 2.24) is 0 Å². The number of hydrogen-bond donors (Lipinski definition) is 6. The summed E-state index contributed by atoms with van der Waals surface area (Å²) in [5.74, 6) is 0. The van der Waals surface area contributed by atoms with Crippen LogP contribution in [0.2, 0.25) is 156 Å². The minimum Gasteiger partial charge on any atom is -0.437 e. The predicted octanol–water partition coefficient (Wildman–Crippen LogP) is 9.76. The van der Waals surface area contributed by atoms with E-state index in [1.165, 1.54) is 0 Å². The summed E-state index contributed by atoms with van der Waals surface area (Å²) in [6, 6.07) is 2.75. The molecule has 0 aromatic carbocycles. The van der Waals surface area contributed by atoms with Gasteiger partial charge in [-0.2, -0.15) is 0 Å². The van der Waals surface area contributed by atoms with E-state index < -0.39 is 99.3 Å². The van der Waals surface area contributed by atoms with Crippen LogP contribution in [0.4, 0.5) is 0 Å². The zero-order valence-electron chi connectivity index (χ0n) is 48.8. The number of hydrogen-bond acceptors (Lipinski definition) is 15. The molecule has 69 heavy (non-hydrogen) atoms. The molecule has 0 aliphatic rings. The van der Waals surface area contributed by atoms with Crippen molar-refractivity contribution in [1.29, 1.82) is 0 Å². The van der Waals surface area contributed by atoms with Crippen molar-refractivity contribution < 1.29 is 69.5 Å². The summed E-state index contributed by atoms with van der Waals surface area (Å²) in [6.07, 6.45) is 2.55. The van der Waals surface area contributed by atoms with Crippen LogP contribution in [0.3, 0.4) is 0 Å². The second-order valence-corrected chi connectivity index (χ2v) is 63.8. The van der Waals surface area contributed by atoms with Crippen molar-refractivity contribution in [3.63, 3.8) is 0 Å². The Kier molecular flexibility index (Phi) is 37.0. The third-order valence-corrected chi connectivity index (χ3v) is 38.2. The Labute approximate surface area is 434 Å². The first-order valence-corrected chi connectivity index (χ1v) is 53.7. The zero-order chi connectivity index (χ0) is 54.8. The van der Waals surface area contributed by atoms with E-state index in [1.54, 1.807) is 6.92 Å². The lowest BCUT2D eigenvalue weighted by Crippen LogP contribution is -2.52. The van der Waals surface area contributed by atoms with E-state index in [0.717, 1.165) is 50.2 Å². The minimum absolute atomic E-state index is 0.0404. The van der Waals surface area contributed by atoms with Crippen LogP contribution >= 0.6 is 0 Å². The summed E-state index contributed by atoms with van der Waals surface area (Å²) in [5, 5.41) is 55.8. The molecule has 0 fully saturated rings. The van der Waals surface area contributed by atoms with E-state index in [0.29, 0.717) is 39.5 Å². The summed E-state index contributed by atoms with van der Waals surface area (Å²) in [5.41, 5.74) is -0.515. The number of ether oxygens (including phenoxy) is 3. The van der Waals surface area contributed by atoms with E-state index >= 15 is 0 Å². The fourth-order valence-electron chi connectivity index (χ4n) is 7.69. The number of aliphatic hydroxyl groups excluding tert-OH is 6. The standard InChI is InChI=1S/C17H42O5Si3.2C14H36O5Si3/c1-9-11-17(14-18,15-19)16-20-12-10-13-25(8,21-23(2,3)4)22-24(5,6)7;1-13(15)14(16)12-17-10-9-11-22(8,18-20(2,3)4)19-21(5,6)7;1-20(2,3)18-22(7,19-21(4,5)6)12-8-10-17-11-9-14(16)13-15/h18-19H,9-16H2,1-8H3;13-16H,9-12H2,1-8H3;14-16H,8-13H2,1-7H3. The van der Waals surface area contributed by atoms with E-state index in [4.69, 9.17) is 44.0 Å². The Bertz CT molecular complexity index is 1230. The van der Waals surface area contributed by atoms with E-state index in [1.807, 2.05) is 0 Å². The molecule has 0 heterocycles. The van der Waals surface area contributed by atoms with Gasteiger partial charge in [0.1, 0.15) is 6.10 Å². The van der Waals surface area contributed by atoms with Crippen molar-refractivity contribution >= 4 is 75.6 Å². The lowest BCUT2D eigenvalue weighted by atomic mass is 9.86. The molecule has 24 heteroatoms. The van der Waals surface area contributed by atoms with Crippen LogP contribution in [-0.4, -0.2) is 184 Å². The summed E-state index contributed by atoms with van der Waals surface area (Å²) in [4.78, 5) is 0. The zero-order valence-corrected chi connectivity index (χ0v) is 57.8. The SMILES string of the molecule is CC(O)C(O)COCCC[Si](C)(O[Si](C)(C)C)O[Si](C)(C)C.CCCC(CO)(CO)COCCC[Si](C)(O[Si](C)(C)C)O[Si](C)(C)C.C[Si](C)(C)O[Si](C)(CCCOCCC(O)CO)O[Si](C)(C)C. The lowest BCUT2D eigenvalue weighted by molar-refractivity contribution is -0.0330. The van der Waals surface area contributed by atoms with Crippen molar-refractivity contribution in [2.75, 3.05) is 59.5 Å². The van der Waals surface area contributed by atoms with Gasteiger partial charge >= 0.3 is 25.7 Å². The molecule has 0 aliphatic carbocycles. The Morgan fingerprint density at radius 1 is 0.435 bits per heavy atom. The highest BCUT2D eigenvalue weighted by Gasteiger charge is 2.42. The molecule has 0 aliphatic heterocycles. The average molecular weight is 1150 g/mol. The van der Waals surface area contributed by atoms with E-state index in [9.17, 15) is 25.5 Å². The van der Waals surface area contributed by atoms with Gasteiger partial charge in [0.15, 0.2) is 49.9 Å². The molecule has 0 radical (unpaired) electrons. The van der Waals surface area contributed by atoms with Gasteiger partial charge in [-0.25, -0.2) is 0 Å². The van der Waals surface area contributed by atoms with Gasteiger partial charge in [0.05, 0.1) is 45.2 Å². The quantitative estimate of drug-likeness (QED) is 0.0253. The molecule has 0 aromatic rings. The fourth-order valence-corrected chi connectivity index (χ4v) is 45.2. The van der Waals surface area contributed by atoms with Gasteiger partial charge in [0.2, 0.25) is 0 Å². The maximum atomic E-state index is 9.58. The van der Waals surface area contributed by atoms with Gasteiger partial charge in [0, 0.05) is 31.8 Å². The molecule has 0 rings (SSSR count). The van der Waals surface area contributed by atoms with Gasteiger partial charge < -0.3 is 69.5 Å². The summed E-state index contributed by atoms with van der Waals surface area (Å²) < 4.78 is 55.4. The van der Waals surface area contributed by atoms with Crippen molar-refractivity contribution in [2.45, 2.75) is 226 Å². The second kappa shape index (κ2) is 34.2. The lowest BCUT2D eigenvalue weighted by Gasteiger charge is -2.38. The van der Waals surface area contributed by atoms with Crippen molar-refractivity contribution in [2.24, 2.45) is 5.41 Å². The summed E-state index contributed by atoms with van der Waals surface area (Å²) in [7, 11) is -16.4. The van der Waals surface area contributed by atoms with Gasteiger partial charge in [-0.15, -0.1) is 0 Å². The third-order valence-electron chi connectivity index (χ3n) is 9.40. The molecular weight excluding hydrogens is 1030 g/mol. The van der Waals surface area contributed by atoms with Crippen LogP contribution in [0, 0.1) is 5.41 Å². The first-order chi connectivity index (χ1) is 30.9. The highest BCUT2D eigenvalue weighted by Crippen LogP contribution is 2.29. The number of aliphatic hydroxyl groups is 6. The third kappa shape index (κ3) is 46.4. The predicted molar refractivity (Wildman–Crippen MR) is 309 cm³/mol. The normalized spacial score (nSPS) is 15.3. The van der Waals surface area contributed by atoms with E-state index in [-0.39, 0.29) is 26.4 Å². The highest BCUT2D eigenvalue weighted by atomic mass is 28.5. The molecule has 0 aromatic heterocycles. The minimum atomic E-state index is -2.20. The molecule has 0 saturated carbocycles. The van der Waals surface area contributed by atoms with Gasteiger partial charge in [-0.3, -0.25) is 0 Å². The van der Waals surface area contributed by atoms with Crippen LogP contribution in [0.25, 0.3) is 0 Å². The van der Waals surface area contributed by atoms with Crippen LogP contribution in [0.5, 0.6) is 0 Å². The van der Waals surface area contributed by atoms with Crippen molar-refractivity contribution in [3.05, 3.63) is 0 Å². The maximum absolute atomic E-state index is 9.58. The average Bonchev–Trinajstić information content (AvgIpc) is 3.11. The topological polar surface area (TPSA) is 204 Å². The van der Waals surface area contributed by atoms with Crippen molar-refractivity contribution in [3.8, 4) is 0 Å². The first kappa shape index (κ1) is 74.6. The Hall–Kier alpha value is 1.35. The van der Waals surface area contributed by atoms with Crippen LogP contribution in [0.15, 0.2) is 0 Å². The first-order valence-electron chi connectivity index (χ1n) is 25.7. The highest BCUT2D eigenvalue weighted by molar-refractivity contribution is 6.89. The molecule has 0 spiro atoms. The molecule has 3 unspecified atom stereocenters. The van der Waals surface area contributed by atoms with Gasteiger partial charge in [-0.05, 0) is 195 Å². The monoisotopic (exact) mass is 1150 g/mol. The molecule has 0 bridgehead atoms. The molecular formula is C45H114O15Si9. The number of rotatable bonds is 37. The molecule has 0 saturated heterocycles. The van der Waals surface area contributed by atoms with Crippen LogP contribution in [0.1, 0.15) is 52.4 Å². The summed E-state index contributed by atoms with van der Waals surface area (Å²) in [6.45, 7) is 52.4. The van der Waals surface area contributed by atoms with Crippen LogP contribution < -0.4 is 0 Å². The smallest absolute Gasteiger partial charge is 0.314 e.